The van der Waals surface area contributed by atoms with Crippen molar-refractivity contribution in [1.29, 1.82) is 0 Å². The molecule has 5 rings (SSSR count). The minimum Gasteiger partial charge on any atom is -0.408 e. The van der Waals surface area contributed by atoms with Crippen LogP contribution >= 0.6 is 0 Å². The van der Waals surface area contributed by atoms with Gasteiger partial charge in [-0.1, -0.05) is 0 Å². The van der Waals surface area contributed by atoms with E-state index in [-0.39, 0.29) is 5.82 Å². The molecule has 1 aliphatic heterocycles. The number of benzene rings is 2. The standard InChI is InChI=1S/C23H24FN7O2/c1-14-13-25-22(29-21(14)26-16-3-4-20-19(12-16)28-23(32)33-20)27-17-9-15(24)10-18(11-17)31-7-5-30(2)6-8-31/h3-4,9-13H,5-8H2,1-2H3,(H,28,32)(H2,25,26,27,29). The zero-order valence-electron chi connectivity index (χ0n) is 18.4. The van der Waals surface area contributed by atoms with Gasteiger partial charge >= 0.3 is 5.76 Å². The van der Waals surface area contributed by atoms with E-state index in [4.69, 9.17) is 4.42 Å². The maximum atomic E-state index is 14.4. The first-order valence-corrected chi connectivity index (χ1v) is 10.7. The molecule has 0 unspecified atom stereocenters. The van der Waals surface area contributed by atoms with E-state index in [1.165, 1.54) is 6.07 Å². The number of piperazine rings is 1. The number of fused-ring (bicyclic) bond motifs is 1. The van der Waals surface area contributed by atoms with Gasteiger partial charge in [-0.05, 0) is 50.4 Å². The highest BCUT2D eigenvalue weighted by Crippen LogP contribution is 2.26. The number of aromatic amines is 1. The lowest BCUT2D eigenvalue weighted by atomic mass is 10.2. The molecule has 0 amide bonds. The Kier molecular flexibility index (Phi) is 5.43. The smallest absolute Gasteiger partial charge is 0.408 e. The highest BCUT2D eigenvalue weighted by atomic mass is 19.1. The summed E-state index contributed by atoms with van der Waals surface area (Å²) < 4.78 is 19.4. The van der Waals surface area contributed by atoms with Gasteiger partial charge in [0.05, 0.1) is 5.52 Å². The Bertz CT molecular complexity index is 1360. The summed E-state index contributed by atoms with van der Waals surface area (Å²) in [6.45, 7) is 5.46. The molecule has 170 valence electrons. The van der Waals surface area contributed by atoms with Crippen LogP contribution in [0.4, 0.5) is 33.2 Å². The molecule has 10 heteroatoms. The number of hydrogen-bond acceptors (Lipinski definition) is 8. The summed E-state index contributed by atoms with van der Waals surface area (Å²) >= 11 is 0. The lowest BCUT2D eigenvalue weighted by Gasteiger charge is -2.34. The number of H-pyrrole nitrogens is 1. The van der Waals surface area contributed by atoms with Crippen molar-refractivity contribution in [2.75, 3.05) is 48.8 Å². The number of halogens is 1. The topological polar surface area (TPSA) is 102 Å². The maximum Gasteiger partial charge on any atom is 0.417 e. The second kappa shape index (κ2) is 8.55. The van der Waals surface area contributed by atoms with Crippen LogP contribution in [0.2, 0.25) is 0 Å². The number of aromatic nitrogens is 3. The molecule has 4 aromatic rings. The highest BCUT2D eigenvalue weighted by molar-refractivity contribution is 5.78. The molecule has 0 saturated carbocycles. The van der Waals surface area contributed by atoms with E-state index in [1.807, 2.05) is 13.0 Å². The van der Waals surface area contributed by atoms with Crippen molar-refractivity contribution in [2.24, 2.45) is 0 Å². The van der Waals surface area contributed by atoms with Gasteiger partial charge in [-0.3, -0.25) is 4.98 Å². The van der Waals surface area contributed by atoms with Crippen molar-refractivity contribution in [3.8, 4) is 0 Å². The summed E-state index contributed by atoms with van der Waals surface area (Å²) in [5, 5.41) is 6.35. The summed E-state index contributed by atoms with van der Waals surface area (Å²) in [6.07, 6.45) is 1.69. The quantitative estimate of drug-likeness (QED) is 0.425. The number of rotatable bonds is 5. The molecule has 0 radical (unpaired) electrons. The van der Waals surface area contributed by atoms with E-state index < -0.39 is 5.76 Å². The molecule has 0 spiro atoms. The zero-order chi connectivity index (χ0) is 22.9. The minimum absolute atomic E-state index is 0.318. The molecule has 0 aliphatic carbocycles. The van der Waals surface area contributed by atoms with Gasteiger partial charge < -0.3 is 24.9 Å². The van der Waals surface area contributed by atoms with Gasteiger partial charge in [0.2, 0.25) is 5.95 Å². The molecular formula is C23H24FN7O2. The molecule has 2 aromatic heterocycles. The van der Waals surface area contributed by atoms with E-state index in [1.54, 1.807) is 30.5 Å². The number of oxazole rings is 1. The second-order valence-electron chi connectivity index (χ2n) is 8.19. The van der Waals surface area contributed by atoms with Crippen LogP contribution in [-0.4, -0.2) is 53.1 Å². The van der Waals surface area contributed by atoms with Gasteiger partial charge in [0.15, 0.2) is 5.58 Å². The number of likely N-dealkylation sites (N-methyl/N-ethyl adjacent to an activating group) is 1. The first-order chi connectivity index (χ1) is 15.9. The Morgan fingerprint density at radius 2 is 1.88 bits per heavy atom. The fraction of sp³-hybridized carbons (Fsp3) is 0.261. The normalized spacial score (nSPS) is 14.6. The molecular weight excluding hydrogens is 425 g/mol. The van der Waals surface area contributed by atoms with E-state index in [2.05, 4.69) is 42.4 Å². The molecule has 0 atom stereocenters. The number of aryl methyl sites for hydroxylation is 1. The Balaban J connectivity index is 1.37. The van der Waals surface area contributed by atoms with Crippen molar-refractivity contribution in [1.82, 2.24) is 19.9 Å². The van der Waals surface area contributed by atoms with Crippen LogP contribution < -0.4 is 21.3 Å². The zero-order valence-corrected chi connectivity index (χ0v) is 18.4. The van der Waals surface area contributed by atoms with Gasteiger partial charge in [0.25, 0.3) is 0 Å². The number of nitrogens with zero attached hydrogens (tertiary/aromatic N) is 4. The predicted octanol–water partition coefficient (Wildman–Crippen LogP) is 3.60. The first-order valence-electron chi connectivity index (χ1n) is 10.7. The number of anilines is 5. The van der Waals surface area contributed by atoms with Crippen LogP contribution in [0.3, 0.4) is 0 Å². The summed E-state index contributed by atoms with van der Waals surface area (Å²) in [6, 6.07) is 10.2. The molecule has 2 aromatic carbocycles. The monoisotopic (exact) mass is 449 g/mol. The van der Waals surface area contributed by atoms with Crippen LogP contribution in [0.15, 0.2) is 51.8 Å². The van der Waals surface area contributed by atoms with Crippen LogP contribution in [0.25, 0.3) is 11.1 Å². The third-order valence-electron chi connectivity index (χ3n) is 5.66. The average Bonchev–Trinajstić information content (AvgIpc) is 3.15. The van der Waals surface area contributed by atoms with Gasteiger partial charge in [0.1, 0.15) is 11.6 Å². The molecule has 1 saturated heterocycles. The van der Waals surface area contributed by atoms with E-state index in [9.17, 15) is 9.18 Å². The fourth-order valence-corrected chi connectivity index (χ4v) is 3.82. The van der Waals surface area contributed by atoms with Crippen LogP contribution in [0.1, 0.15) is 5.56 Å². The summed E-state index contributed by atoms with van der Waals surface area (Å²) in [4.78, 5) is 27.4. The molecule has 1 aliphatic rings. The Morgan fingerprint density at radius 1 is 1.06 bits per heavy atom. The predicted molar refractivity (Wildman–Crippen MR) is 126 cm³/mol. The fourth-order valence-electron chi connectivity index (χ4n) is 3.82. The van der Waals surface area contributed by atoms with Gasteiger partial charge in [-0.25, -0.2) is 14.2 Å². The van der Waals surface area contributed by atoms with E-state index in [0.29, 0.717) is 28.6 Å². The lowest BCUT2D eigenvalue weighted by Crippen LogP contribution is -2.44. The SMILES string of the molecule is Cc1cnc(Nc2cc(F)cc(N3CCN(C)CC3)c2)nc1Nc1ccc2oc(=O)[nH]c2c1. The van der Waals surface area contributed by atoms with Crippen molar-refractivity contribution in [3.05, 3.63) is 64.5 Å². The summed E-state index contributed by atoms with van der Waals surface area (Å²) in [7, 11) is 2.09. The third kappa shape index (κ3) is 4.65. The maximum absolute atomic E-state index is 14.4. The second-order valence-corrected chi connectivity index (χ2v) is 8.19. The Labute approximate surface area is 189 Å². The Hall–Kier alpha value is -3.92. The lowest BCUT2D eigenvalue weighted by molar-refractivity contribution is 0.313. The van der Waals surface area contributed by atoms with Crippen LogP contribution in [0.5, 0.6) is 0 Å². The largest absolute Gasteiger partial charge is 0.417 e. The van der Waals surface area contributed by atoms with E-state index >= 15 is 0 Å². The molecule has 9 nitrogen and oxygen atoms in total. The molecule has 33 heavy (non-hydrogen) atoms. The average molecular weight is 449 g/mol. The molecule has 3 heterocycles. The number of nitrogens with one attached hydrogen (secondary N) is 3. The first kappa shape index (κ1) is 21.0. The van der Waals surface area contributed by atoms with Crippen LogP contribution in [-0.2, 0) is 0 Å². The summed E-state index contributed by atoms with van der Waals surface area (Å²) in [5.41, 5.74) is 4.05. The summed E-state index contributed by atoms with van der Waals surface area (Å²) in [5.74, 6) is 0.115. The van der Waals surface area contributed by atoms with Crippen molar-refractivity contribution < 1.29 is 8.81 Å². The third-order valence-corrected chi connectivity index (χ3v) is 5.66. The highest BCUT2D eigenvalue weighted by Gasteiger charge is 2.16. The molecule has 0 bridgehead atoms. The van der Waals surface area contributed by atoms with Crippen molar-refractivity contribution >= 4 is 39.9 Å². The van der Waals surface area contributed by atoms with Crippen molar-refractivity contribution in [2.45, 2.75) is 6.92 Å². The van der Waals surface area contributed by atoms with Gasteiger partial charge in [0, 0.05) is 55.0 Å². The van der Waals surface area contributed by atoms with Gasteiger partial charge in [-0.15, -0.1) is 0 Å². The molecule has 3 N–H and O–H groups in total. The molecule has 1 fully saturated rings. The van der Waals surface area contributed by atoms with Crippen LogP contribution in [0, 0.1) is 12.7 Å². The Morgan fingerprint density at radius 3 is 2.70 bits per heavy atom. The van der Waals surface area contributed by atoms with Crippen molar-refractivity contribution in [3.63, 3.8) is 0 Å². The number of hydrogen-bond donors (Lipinski definition) is 3. The van der Waals surface area contributed by atoms with E-state index in [0.717, 1.165) is 43.1 Å². The minimum atomic E-state index is -0.502. The van der Waals surface area contributed by atoms with Gasteiger partial charge in [-0.2, -0.15) is 4.98 Å².